The average molecular weight is 361 g/mol. The number of hydrogen-bond acceptors (Lipinski definition) is 3. The molecule has 0 atom stereocenters. The van der Waals surface area contributed by atoms with Crippen LogP contribution in [0.5, 0.6) is 5.75 Å². The van der Waals surface area contributed by atoms with Crippen LogP contribution in [0.15, 0.2) is 66.7 Å². The van der Waals surface area contributed by atoms with Crippen molar-refractivity contribution in [2.75, 3.05) is 5.32 Å². The van der Waals surface area contributed by atoms with Crippen molar-refractivity contribution < 1.29 is 14.6 Å². The topological polar surface area (TPSA) is 58.6 Å². The van der Waals surface area contributed by atoms with E-state index in [0.717, 1.165) is 22.6 Å². The highest BCUT2D eigenvalue weighted by Gasteiger charge is 2.06. The van der Waals surface area contributed by atoms with Crippen molar-refractivity contribution in [2.45, 2.75) is 27.0 Å². The summed E-state index contributed by atoms with van der Waals surface area (Å²) < 4.78 is 5.87. The van der Waals surface area contributed by atoms with Crippen LogP contribution >= 0.6 is 0 Å². The molecule has 0 aliphatic carbocycles. The largest absolute Gasteiger partial charge is 0.489 e. The third-order valence-corrected chi connectivity index (χ3v) is 4.54. The fraction of sp³-hybridized carbons (Fsp3) is 0.174. The summed E-state index contributed by atoms with van der Waals surface area (Å²) in [5, 5.41) is 12.4. The van der Waals surface area contributed by atoms with Crippen molar-refractivity contribution in [1.29, 1.82) is 0 Å². The highest BCUT2D eigenvalue weighted by molar-refractivity contribution is 5.88. The lowest BCUT2D eigenvalue weighted by Crippen LogP contribution is -2.03. The molecule has 0 saturated heterocycles. The van der Waals surface area contributed by atoms with Crippen LogP contribution in [-0.4, -0.2) is 11.1 Å². The van der Waals surface area contributed by atoms with Crippen molar-refractivity contribution in [3.05, 3.63) is 94.5 Å². The normalized spacial score (nSPS) is 10.4. The summed E-state index contributed by atoms with van der Waals surface area (Å²) >= 11 is 0. The van der Waals surface area contributed by atoms with Gasteiger partial charge in [0.05, 0.1) is 5.56 Å². The fourth-order valence-electron chi connectivity index (χ4n) is 2.83. The number of carboxylic acid groups (broad SMARTS) is 1. The van der Waals surface area contributed by atoms with Gasteiger partial charge in [0.1, 0.15) is 12.4 Å². The standard InChI is InChI=1S/C23H23NO3/c1-16-5-3-4-6-20(16)15-27-21-10-7-18(8-11-21)14-24-22-12-9-19(23(25)26)13-17(22)2/h3-13,24H,14-15H2,1-2H3,(H,25,26). The maximum Gasteiger partial charge on any atom is 0.335 e. The Morgan fingerprint density at radius 1 is 0.963 bits per heavy atom. The number of carboxylic acids is 1. The van der Waals surface area contributed by atoms with E-state index < -0.39 is 5.97 Å². The molecule has 0 radical (unpaired) electrons. The second-order valence-electron chi connectivity index (χ2n) is 6.55. The SMILES string of the molecule is Cc1ccccc1COc1ccc(CNc2ccc(C(=O)O)cc2C)cc1. The number of benzene rings is 3. The molecule has 4 heteroatoms. The summed E-state index contributed by atoms with van der Waals surface area (Å²) in [7, 11) is 0. The van der Waals surface area contributed by atoms with Crippen molar-refractivity contribution in [2.24, 2.45) is 0 Å². The number of carbonyl (C=O) groups is 1. The maximum atomic E-state index is 11.0. The summed E-state index contributed by atoms with van der Waals surface area (Å²) in [5.74, 6) is -0.0741. The Balaban J connectivity index is 1.56. The third kappa shape index (κ3) is 4.88. The second kappa shape index (κ2) is 8.41. The summed E-state index contributed by atoms with van der Waals surface area (Å²) in [6, 6.07) is 21.3. The minimum Gasteiger partial charge on any atom is -0.489 e. The summed E-state index contributed by atoms with van der Waals surface area (Å²) in [6.07, 6.45) is 0. The number of aryl methyl sites for hydroxylation is 2. The quantitative estimate of drug-likeness (QED) is 0.608. The molecule has 3 aromatic rings. The van der Waals surface area contributed by atoms with Crippen LogP contribution in [0.25, 0.3) is 0 Å². The molecule has 4 nitrogen and oxygen atoms in total. The average Bonchev–Trinajstić information content (AvgIpc) is 2.67. The molecule has 3 rings (SSSR count). The van der Waals surface area contributed by atoms with Gasteiger partial charge in [-0.3, -0.25) is 0 Å². The smallest absolute Gasteiger partial charge is 0.335 e. The zero-order valence-corrected chi connectivity index (χ0v) is 15.5. The van der Waals surface area contributed by atoms with Gasteiger partial charge in [0.15, 0.2) is 0 Å². The molecule has 0 amide bonds. The Bertz CT molecular complexity index is 933. The number of hydrogen-bond donors (Lipinski definition) is 2. The molecule has 0 unspecified atom stereocenters. The van der Waals surface area contributed by atoms with E-state index >= 15 is 0 Å². The van der Waals surface area contributed by atoms with Crippen LogP contribution in [-0.2, 0) is 13.2 Å². The van der Waals surface area contributed by atoms with Gasteiger partial charge in [0.2, 0.25) is 0 Å². The lowest BCUT2D eigenvalue weighted by Gasteiger charge is -2.12. The van der Waals surface area contributed by atoms with Crippen LogP contribution in [0.2, 0.25) is 0 Å². The van der Waals surface area contributed by atoms with Crippen LogP contribution in [0.4, 0.5) is 5.69 Å². The molecule has 0 spiro atoms. The van der Waals surface area contributed by atoms with E-state index in [2.05, 4.69) is 24.4 Å². The second-order valence-corrected chi connectivity index (χ2v) is 6.55. The molecule has 27 heavy (non-hydrogen) atoms. The van der Waals surface area contributed by atoms with Gasteiger partial charge in [-0.2, -0.15) is 0 Å². The van der Waals surface area contributed by atoms with Gasteiger partial charge in [-0.05, 0) is 66.4 Å². The fourth-order valence-corrected chi connectivity index (χ4v) is 2.83. The molecular weight excluding hydrogens is 338 g/mol. The number of ether oxygens (including phenoxy) is 1. The molecule has 0 heterocycles. The number of aromatic carboxylic acids is 1. The van der Waals surface area contributed by atoms with Crippen LogP contribution in [0, 0.1) is 13.8 Å². The molecule has 2 N–H and O–H groups in total. The van der Waals surface area contributed by atoms with E-state index in [0.29, 0.717) is 18.7 Å². The lowest BCUT2D eigenvalue weighted by molar-refractivity contribution is 0.0697. The number of anilines is 1. The maximum absolute atomic E-state index is 11.0. The highest BCUT2D eigenvalue weighted by atomic mass is 16.5. The van der Waals surface area contributed by atoms with Gasteiger partial charge < -0.3 is 15.2 Å². The van der Waals surface area contributed by atoms with E-state index in [4.69, 9.17) is 9.84 Å². The first-order valence-electron chi connectivity index (χ1n) is 8.87. The van der Waals surface area contributed by atoms with Crippen LogP contribution in [0.1, 0.15) is 32.6 Å². The van der Waals surface area contributed by atoms with Gasteiger partial charge in [-0.25, -0.2) is 4.79 Å². The molecule has 138 valence electrons. The van der Waals surface area contributed by atoms with Gasteiger partial charge in [0.25, 0.3) is 0 Å². The Morgan fingerprint density at radius 3 is 2.37 bits per heavy atom. The lowest BCUT2D eigenvalue weighted by atomic mass is 10.1. The molecule has 0 aromatic heterocycles. The predicted molar refractivity (Wildman–Crippen MR) is 107 cm³/mol. The predicted octanol–water partition coefficient (Wildman–Crippen LogP) is 5.19. The third-order valence-electron chi connectivity index (χ3n) is 4.54. The monoisotopic (exact) mass is 361 g/mol. The van der Waals surface area contributed by atoms with Crippen LogP contribution < -0.4 is 10.1 Å². The van der Waals surface area contributed by atoms with Crippen LogP contribution in [0.3, 0.4) is 0 Å². The van der Waals surface area contributed by atoms with Crippen molar-refractivity contribution >= 4 is 11.7 Å². The van der Waals surface area contributed by atoms with Crippen molar-refractivity contribution in [3.63, 3.8) is 0 Å². The Morgan fingerprint density at radius 2 is 1.70 bits per heavy atom. The van der Waals surface area contributed by atoms with E-state index in [1.54, 1.807) is 18.2 Å². The minimum atomic E-state index is -0.911. The minimum absolute atomic E-state index is 0.299. The molecule has 3 aromatic carbocycles. The van der Waals surface area contributed by atoms with E-state index in [-0.39, 0.29) is 0 Å². The first kappa shape index (κ1) is 18.5. The summed E-state index contributed by atoms with van der Waals surface area (Å²) in [5.41, 5.74) is 5.67. The molecular formula is C23H23NO3. The van der Waals surface area contributed by atoms with E-state index in [9.17, 15) is 4.79 Å². The molecule has 0 fully saturated rings. The first-order chi connectivity index (χ1) is 13.0. The highest BCUT2D eigenvalue weighted by Crippen LogP contribution is 2.19. The molecule has 0 saturated carbocycles. The Kier molecular flexibility index (Phi) is 5.77. The van der Waals surface area contributed by atoms with Crippen molar-refractivity contribution in [3.8, 4) is 5.75 Å². The molecule has 0 aliphatic rings. The summed E-state index contributed by atoms with van der Waals surface area (Å²) in [4.78, 5) is 11.0. The van der Waals surface area contributed by atoms with E-state index in [1.807, 2.05) is 43.3 Å². The molecule has 0 aliphatic heterocycles. The van der Waals surface area contributed by atoms with E-state index in [1.165, 1.54) is 11.1 Å². The Hall–Kier alpha value is -3.27. The zero-order chi connectivity index (χ0) is 19.2. The van der Waals surface area contributed by atoms with Crippen molar-refractivity contribution in [1.82, 2.24) is 0 Å². The van der Waals surface area contributed by atoms with Gasteiger partial charge in [-0.1, -0.05) is 36.4 Å². The van der Waals surface area contributed by atoms with Gasteiger partial charge in [-0.15, -0.1) is 0 Å². The Labute approximate surface area is 159 Å². The summed E-state index contributed by atoms with van der Waals surface area (Å²) in [6.45, 7) is 5.19. The van der Waals surface area contributed by atoms with Gasteiger partial charge >= 0.3 is 5.97 Å². The number of rotatable bonds is 7. The van der Waals surface area contributed by atoms with Gasteiger partial charge in [0, 0.05) is 12.2 Å². The number of nitrogens with one attached hydrogen (secondary N) is 1. The first-order valence-corrected chi connectivity index (χ1v) is 8.87. The molecule has 0 bridgehead atoms. The zero-order valence-electron chi connectivity index (χ0n) is 15.5.